The lowest BCUT2D eigenvalue weighted by atomic mass is 10.2. The van der Waals surface area contributed by atoms with Crippen molar-refractivity contribution >= 4 is 17.6 Å². The van der Waals surface area contributed by atoms with Gasteiger partial charge in [-0.25, -0.2) is 4.79 Å². The zero-order valence-electron chi connectivity index (χ0n) is 8.41. The van der Waals surface area contributed by atoms with Gasteiger partial charge in [-0.1, -0.05) is 11.6 Å². The van der Waals surface area contributed by atoms with E-state index in [0.29, 0.717) is 5.02 Å². The van der Waals surface area contributed by atoms with E-state index < -0.39 is 5.97 Å². The van der Waals surface area contributed by atoms with Gasteiger partial charge in [-0.05, 0) is 13.0 Å². The molecule has 0 spiro atoms. The van der Waals surface area contributed by atoms with E-state index in [1.54, 1.807) is 6.92 Å². The molecule has 5 heteroatoms. The second-order valence-corrected chi connectivity index (χ2v) is 3.16. The van der Waals surface area contributed by atoms with Gasteiger partial charge < -0.3 is 14.6 Å². The number of rotatable bonds is 3. The molecule has 0 aliphatic rings. The van der Waals surface area contributed by atoms with Gasteiger partial charge in [0.25, 0.3) is 0 Å². The van der Waals surface area contributed by atoms with Crippen molar-refractivity contribution in [2.75, 3.05) is 13.7 Å². The van der Waals surface area contributed by atoms with Crippen LogP contribution in [-0.4, -0.2) is 24.8 Å². The molecule has 0 saturated carbocycles. The molecule has 0 aliphatic carbocycles. The molecule has 1 N–H and O–H groups in total. The van der Waals surface area contributed by atoms with Crippen LogP contribution in [0.1, 0.15) is 17.3 Å². The molecule has 4 nitrogen and oxygen atoms in total. The number of methoxy groups -OCH3 is 1. The lowest BCUT2D eigenvalue weighted by molar-refractivity contribution is 0.0522. The predicted octanol–water partition coefficient (Wildman–Crippen LogP) is 2.23. The second kappa shape index (κ2) is 4.89. The minimum absolute atomic E-state index is 0.00111. The van der Waals surface area contributed by atoms with Gasteiger partial charge in [0, 0.05) is 11.1 Å². The van der Waals surface area contributed by atoms with Gasteiger partial charge in [0.1, 0.15) is 5.56 Å². The Morgan fingerprint density at radius 1 is 1.53 bits per heavy atom. The fourth-order valence-electron chi connectivity index (χ4n) is 1.09. The van der Waals surface area contributed by atoms with Crippen LogP contribution in [0, 0.1) is 0 Å². The lowest BCUT2D eigenvalue weighted by Crippen LogP contribution is -2.05. The van der Waals surface area contributed by atoms with Gasteiger partial charge in [0.15, 0.2) is 11.5 Å². The minimum Gasteiger partial charge on any atom is -0.504 e. The van der Waals surface area contributed by atoms with E-state index in [0.717, 1.165) is 0 Å². The maximum Gasteiger partial charge on any atom is 0.342 e. The molecule has 0 bridgehead atoms. The largest absolute Gasteiger partial charge is 0.504 e. The fourth-order valence-corrected chi connectivity index (χ4v) is 1.30. The molecule has 0 fully saturated rings. The molecular weight excluding hydrogens is 220 g/mol. The maximum atomic E-state index is 11.4. The maximum absolute atomic E-state index is 11.4. The summed E-state index contributed by atoms with van der Waals surface area (Å²) in [5, 5.41) is 9.92. The predicted molar refractivity (Wildman–Crippen MR) is 55.6 cm³/mol. The number of benzene rings is 1. The van der Waals surface area contributed by atoms with Crippen LogP contribution in [0.25, 0.3) is 0 Å². The van der Waals surface area contributed by atoms with Crippen molar-refractivity contribution < 1.29 is 19.4 Å². The van der Waals surface area contributed by atoms with Gasteiger partial charge in [-0.2, -0.15) is 0 Å². The summed E-state index contributed by atoms with van der Waals surface area (Å²) in [5.74, 6) is -0.748. The van der Waals surface area contributed by atoms with Crippen LogP contribution in [0.5, 0.6) is 11.5 Å². The second-order valence-electron chi connectivity index (χ2n) is 2.72. The molecule has 0 atom stereocenters. The van der Waals surface area contributed by atoms with Crippen LogP contribution in [-0.2, 0) is 4.74 Å². The molecule has 0 saturated heterocycles. The zero-order chi connectivity index (χ0) is 11.4. The Kier molecular flexibility index (Phi) is 3.80. The van der Waals surface area contributed by atoms with Gasteiger partial charge in [-0.15, -0.1) is 0 Å². The third-order valence-electron chi connectivity index (χ3n) is 1.75. The molecule has 0 radical (unpaired) electrons. The van der Waals surface area contributed by atoms with Crippen molar-refractivity contribution in [3.8, 4) is 11.5 Å². The summed E-state index contributed by atoms with van der Waals surface area (Å²) in [4.78, 5) is 11.4. The number of esters is 1. The van der Waals surface area contributed by atoms with E-state index in [1.807, 2.05) is 0 Å². The van der Waals surface area contributed by atoms with Crippen molar-refractivity contribution in [1.29, 1.82) is 0 Å². The Bertz CT molecular complexity index is 376. The monoisotopic (exact) mass is 230 g/mol. The Hall–Kier alpha value is -1.42. The van der Waals surface area contributed by atoms with Crippen molar-refractivity contribution in [2.45, 2.75) is 6.92 Å². The van der Waals surface area contributed by atoms with Crippen LogP contribution >= 0.6 is 11.6 Å². The average molecular weight is 231 g/mol. The van der Waals surface area contributed by atoms with E-state index in [2.05, 4.69) is 0 Å². The molecule has 0 aromatic heterocycles. The van der Waals surface area contributed by atoms with Crippen LogP contribution in [0.15, 0.2) is 12.1 Å². The molecule has 1 aromatic rings. The topological polar surface area (TPSA) is 55.8 Å². The van der Waals surface area contributed by atoms with E-state index in [4.69, 9.17) is 21.1 Å². The first-order valence-corrected chi connectivity index (χ1v) is 4.71. The molecule has 1 aromatic carbocycles. The Balaban J connectivity index is 3.17. The number of halogens is 1. The highest BCUT2D eigenvalue weighted by molar-refractivity contribution is 6.31. The van der Waals surface area contributed by atoms with Gasteiger partial charge in [0.05, 0.1) is 13.7 Å². The highest BCUT2D eigenvalue weighted by Gasteiger charge is 2.17. The Labute approximate surface area is 92.4 Å². The Morgan fingerprint density at radius 3 is 2.73 bits per heavy atom. The average Bonchev–Trinajstić information content (AvgIpc) is 2.21. The number of carbonyl (C=O) groups excluding carboxylic acids is 1. The van der Waals surface area contributed by atoms with Gasteiger partial charge >= 0.3 is 5.97 Å². The summed E-state index contributed by atoms with van der Waals surface area (Å²) >= 11 is 5.75. The molecule has 0 unspecified atom stereocenters. The molecule has 82 valence electrons. The number of ether oxygens (including phenoxy) is 2. The highest BCUT2D eigenvalue weighted by Crippen LogP contribution is 2.33. The van der Waals surface area contributed by atoms with Crippen molar-refractivity contribution in [3.05, 3.63) is 22.7 Å². The van der Waals surface area contributed by atoms with Gasteiger partial charge in [0.2, 0.25) is 0 Å². The Morgan fingerprint density at radius 2 is 2.20 bits per heavy atom. The van der Waals surface area contributed by atoms with E-state index in [1.165, 1.54) is 19.2 Å². The first-order chi connectivity index (χ1) is 7.10. The van der Waals surface area contributed by atoms with E-state index >= 15 is 0 Å². The van der Waals surface area contributed by atoms with Crippen LogP contribution < -0.4 is 4.74 Å². The SMILES string of the molecule is CCOC(=O)c1cc(Cl)cc(OC)c1O. The standard InChI is InChI=1S/C10H11ClO4/c1-3-15-10(13)7-4-6(11)5-8(14-2)9(7)12/h4-5,12H,3H2,1-2H3. The normalized spacial score (nSPS) is 9.80. The summed E-state index contributed by atoms with van der Waals surface area (Å²) in [6.07, 6.45) is 0. The lowest BCUT2D eigenvalue weighted by Gasteiger charge is -2.08. The molecule has 15 heavy (non-hydrogen) atoms. The van der Waals surface area contributed by atoms with Crippen molar-refractivity contribution in [2.24, 2.45) is 0 Å². The third-order valence-corrected chi connectivity index (χ3v) is 1.97. The third kappa shape index (κ3) is 2.53. The number of aromatic hydroxyl groups is 1. The highest BCUT2D eigenvalue weighted by atomic mass is 35.5. The van der Waals surface area contributed by atoms with Gasteiger partial charge in [-0.3, -0.25) is 0 Å². The van der Waals surface area contributed by atoms with E-state index in [-0.39, 0.29) is 23.7 Å². The van der Waals surface area contributed by atoms with E-state index in [9.17, 15) is 9.90 Å². The quantitative estimate of drug-likeness (QED) is 0.809. The number of hydrogen-bond acceptors (Lipinski definition) is 4. The minimum atomic E-state index is -0.629. The summed E-state index contributed by atoms with van der Waals surface area (Å²) in [7, 11) is 1.38. The van der Waals surface area contributed by atoms with Crippen molar-refractivity contribution in [1.82, 2.24) is 0 Å². The zero-order valence-corrected chi connectivity index (χ0v) is 9.17. The summed E-state index contributed by atoms with van der Waals surface area (Å²) in [6, 6.07) is 2.75. The first-order valence-electron chi connectivity index (χ1n) is 4.33. The number of carbonyl (C=O) groups is 1. The smallest absolute Gasteiger partial charge is 0.342 e. The molecule has 0 amide bonds. The molecular formula is C10H11ClO4. The summed E-state index contributed by atoms with van der Waals surface area (Å²) in [6.45, 7) is 1.91. The molecule has 0 heterocycles. The number of phenolic OH excluding ortho intramolecular Hbond substituents is 1. The summed E-state index contributed by atoms with van der Waals surface area (Å²) in [5.41, 5.74) is 0.00111. The molecule has 0 aliphatic heterocycles. The van der Waals surface area contributed by atoms with Crippen LogP contribution in [0.2, 0.25) is 5.02 Å². The number of hydrogen-bond donors (Lipinski definition) is 1. The fraction of sp³-hybridized carbons (Fsp3) is 0.300. The molecule has 1 rings (SSSR count). The van der Waals surface area contributed by atoms with Crippen LogP contribution in [0.4, 0.5) is 0 Å². The number of phenols is 1. The summed E-state index contributed by atoms with van der Waals surface area (Å²) < 4.78 is 9.60. The van der Waals surface area contributed by atoms with Crippen LogP contribution in [0.3, 0.4) is 0 Å². The van der Waals surface area contributed by atoms with Crippen molar-refractivity contribution in [3.63, 3.8) is 0 Å². The first kappa shape index (κ1) is 11.7.